The average molecular weight is 284 g/mol. The smallest absolute Gasteiger partial charge is 0.0590 e. The Morgan fingerprint density at radius 1 is 1.25 bits per heavy atom. The summed E-state index contributed by atoms with van der Waals surface area (Å²) in [5.41, 5.74) is 6.84. The van der Waals surface area contributed by atoms with E-state index in [1.807, 2.05) is 0 Å². The summed E-state index contributed by atoms with van der Waals surface area (Å²) < 4.78 is 5.30. The molecule has 0 aromatic carbocycles. The molecule has 0 aromatic rings. The second-order valence-corrected chi connectivity index (χ2v) is 7.85. The lowest BCUT2D eigenvalue weighted by Crippen LogP contribution is -2.59. The number of rotatable bonds is 6. The number of nitrogens with two attached hydrogens (primary N) is 1. The summed E-state index contributed by atoms with van der Waals surface area (Å²) in [6.45, 7) is 14.2. The monoisotopic (exact) mass is 284 g/mol. The minimum atomic E-state index is 0.189. The molecule has 0 spiro atoms. The Hall–Kier alpha value is -0.120. The number of hydrogen-bond donors (Lipinski definition) is 1. The van der Waals surface area contributed by atoms with Gasteiger partial charge in [-0.1, -0.05) is 20.8 Å². The first kappa shape index (κ1) is 17.9. The molecule has 0 heterocycles. The van der Waals surface area contributed by atoms with Crippen LogP contribution in [0.25, 0.3) is 0 Å². The third kappa shape index (κ3) is 4.19. The molecule has 0 amide bonds. The number of hydrogen-bond acceptors (Lipinski definition) is 3. The summed E-state index contributed by atoms with van der Waals surface area (Å²) in [5.74, 6) is 0.832. The number of ether oxygens (including phenoxy) is 1. The van der Waals surface area contributed by atoms with Gasteiger partial charge < -0.3 is 10.5 Å². The van der Waals surface area contributed by atoms with Crippen molar-refractivity contribution in [2.24, 2.45) is 17.1 Å². The summed E-state index contributed by atoms with van der Waals surface area (Å²) in [5, 5.41) is 0. The van der Waals surface area contributed by atoms with Crippen molar-refractivity contribution < 1.29 is 4.74 Å². The zero-order valence-corrected chi connectivity index (χ0v) is 14.5. The molecule has 3 heteroatoms. The van der Waals surface area contributed by atoms with Gasteiger partial charge in [-0.15, -0.1) is 0 Å². The molecule has 2 N–H and O–H groups in total. The van der Waals surface area contributed by atoms with Crippen LogP contribution in [0, 0.1) is 11.3 Å². The van der Waals surface area contributed by atoms with Crippen molar-refractivity contribution in [1.82, 2.24) is 4.90 Å². The largest absolute Gasteiger partial charge is 0.383 e. The highest BCUT2D eigenvalue weighted by Crippen LogP contribution is 2.43. The fraction of sp³-hybridized carbons (Fsp3) is 1.00. The van der Waals surface area contributed by atoms with E-state index >= 15 is 0 Å². The van der Waals surface area contributed by atoms with Crippen molar-refractivity contribution in [2.45, 2.75) is 71.9 Å². The van der Waals surface area contributed by atoms with Gasteiger partial charge in [-0.05, 0) is 50.9 Å². The Morgan fingerprint density at radius 2 is 1.80 bits per heavy atom. The van der Waals surface area contributed by atoms with E-state index in [-0.39, 0.29) is 5.54 Å². The lowest BCUT2D eigenvalue weighted by molar-refractivity contribution is -0.0121. The number of methoxy groups -OCH3 is 1. The summed E-state index contributed by atoms with van der Waals surface area (Å²) in [7, 11) is 1.78. The quantitative estimate of drug-likeness (QED) is 0.813. The van der Waals surface area contributed by atoms with Crippen molar-refractivity contribution in [3.05, 3.63) is 0 Å². The van der Waals surface area contributed by atoms with E-state index in [0.29, 0.717) is 11.5 Å². The molecule has 20 heavy (non-hydrogen) atoms. The molecule has 1 rings (SSSR count). The first-order chi connectivity index (χ1) is 9.27. The molecule has 0 atom stereocenters. The molecule has 1 saturated carbocycles. The Bertz CT molecular complexity index is 275. The van der Waals surface area contributed by atoms with Gasteiger partial charge in [0.05, 0.1) is 6.61 Å². The van der Waals surface area contributed by atoms with E-state index in [1.54, 1.807) is 7.11 Å². The van der Waals surface area contributed by atoms with Crippen LogP contribution < -0.4 is 5.73 Å². The van der Waals surface area contributed by atoms with Gasteiger partial charge in [-0.25, -0.2) is 0 Å². The van der Waals surface area contributed by atoms with Gasteiger partial charge >= 0.3 is 0 Å². The third-order valence-corrected chi connectivity index (χ3v) is 5.29. The molecule has 0 saturated heterocycles. The van der Waals surface area contributed by atoms with Crippen molar-refractivity contribution in [2.75, 3.05) is 26.8 Å². The Morgan fingerprint density at radius 3 is 2.15 bits per heavy atom. The predicted octanol–water partition coefficient (Wildman–Crippen LogP) is 3.28. The van der Waals surface area contributed by atoms with E-state index in [0.717, 1.165) is 25.6 Å². The molecular weight excluding hydrogens is 248 g/mol. The Labute approximate surface area is 126 Å². The SMILES string of the molecule is COCCN(C(C)C)C1(CN)CCC(C(C)(C)C)CC1. The second-order valence-electron chi connectivity index (χ2n) is 7.85. The van der Waals surface area contributed by atoms with Crippen LogP contribution in [-0.2, 0) is 4.74 Å². The van der Waals surface area contributed by atoms with Crippen LogP contribution in [0.1, 0.15) is 60.3 Å². The molecular formula is C17H36N2O. The van der Waals surface area contributed by atoms with E-state index in [4.69, 9.17) is 10.5 Å². The molecule has 0 radical (unpaired) electrons. The highest BCUT2D eigenvalue weighted by atomic mass is 16.5. The van der Waals surface area contributed by atoms with Gasteiger partial charge in [0.2, 0.25) is 0 Å². The lowest BCUT2D eigenvalue weighted by atomic mass is 9.66. The van der Waals surface area contributed by atoms with Crippen LogP contribution in [0.5, 0.6) is 0 Å². The van der Waals surface area contributed by atoms with Gasteiger partial charge in [0.1, 0.15) is 0 Å². The van der Waals surface area contributed by atoms with Crippen LogP contribution in [0.15, 0.2) is 0 Å². The van der Waals surface area contributed by atoms with Gasteiger partial charge in [-0.2, -0.15) is 0 Å². The van der Waals surface area contributed by atoms with E-state index in [2.05, 4.69) is 39.5 Å². The number of nitrogens with zero attached hydrogens (tertiary/aromatic N) is 1. The molecule has 0 aliphatic heterocycles. The normalized spacial score (nSPS) is 28.4. The minimum Gasteiger partial charge on any atom is -0.383 e. The van der Waals surface area contributed by atoms with Crippen LogP contribution in [0.2, 0.25) is 0 Å². The van der Waals surface area contributed by atoms with Crippen LogP contribution in [-0.4, -0.2) is 43.3 Å². The maximum atomic E-state index is 6.22. The molecule has 1 fully saturated rings. The highest BCUT2D eigenvalue weighted by Gasteiger charge is 2.42. The van der Waals surface area contributed by atoms with E-state index < -0.39 is 0 Å². The van der Waals surface area contributed by atoms with Crippen molar-refractivity contribution >= 4 is 0 Å². The summed E-state index contributed by atoms with van der Waals surface area (Å²) in [6.07, 6.45) is 5.06. The predicted molar refractivity (Wildman–Crippen MR) is 86.9 cm³/mol. The highest BCUT2D eigenvalue weighted by molar-refractivity contribution is 4.98. The maximum Gasteiger partial charge on any atom is 0.0590 e. The fourth-order valence-corrected chi connectivity index (χ4v) is 3.86. The minimum absolute atomic E-state index is 0.189. The fourth-order valence-electron chi connectivity index (χ4n) is 3.86. The zero-order chi connectivity index (χ0) is 15.4. The van der Waals surface area contributed by atoms with Gasteiger partial charge in [0.15, 0.2) is 0 Å². The average Bonchev–Trinajstić information content (AvgIpc) is 2.38. The molecule has 1 aliphatic carbocycles. The van der Waals surface area contributed by atoms with Gasteiger partial charge in [0.25, 0.3) is 0 Å². The summed E-state index contributed by atoms with van der Waals surface area (Å²) in [6, 6.07) is 0.528. The van der Waals surface area contributed by atoms with Crippen LogP contribution in [0.4, 0.5) is 0 Å². The van der Waals surface area contributed by atoms with E-state index in [9.17, 15) is 0 Å². The first-order valence-electron chi connectivity index (χ1n) is 8.22. The molecule has 0 bridgehead atoms. The van der Waals surface area contributed by atoms with Crippen LogP contribution >= 0.6 is 0 Å². The topological polar surface area (TPSA) is 38.5 Å². The Balaban J connectivity index is 2.77. The standard InChI is InChI=1S/C17H36N2O/c1-14(2)19(11-12-20-6)17(13-18)9-7-15(8-10-17)16(3,4)5/h14-15H,7-13,18H2,1-6H3. The molecule has 0 aromatic heterocycles. The lowest BCUT2D eigenvalue weighted by Gasteiger charge is -2.51. The first-order valence-corrected chi connectivity index (χ1v) is 8.22. The molecule has 1 aliphatic rings. The van der Waals surface area contributed by atoms with Crippen LogP contribution in [0.3, 0.4) is 0 Å². The third-order valence-electron chi connectivity index (χ3n) is 5.29. The second kappa shape index (κ2) is 7.24. The van der Waals surface area contributed by atoms with E-state index in [1.165, 1.54) is 25.7 Å². The maximum absolute atomic E-state index is 6.22. The molecule has 0 unspecified atom stereocenters. The summed E-state index contributed by atoms with van der Waals surface area (Å²) in [4.78, 5) is 2.59. The molecule has 120 valence electrons. The Kier molecular flexibility index (Phi) is 6.49. The zero-order valence-electron chi connectivity index (χ0n) is 14.5. The van der Waals surface area contributed by atoms with Crippen molar-refractivity contribution in [3.63, 3.8) is 0 Å². The van der Waals surface area contributed by atoms with Gasteiger partial charge in [-0.3, -0.25) is 4.90 Å². The molecule has 3 nitrogen and oxygen atoms in total. The van der Waals surface area contributed by atoms with Gasteiger partial charge in [0, 0.05) is 31.8 Å². The van der Waals surface area contributed by atoms with Crippen molar-refractivity contribution in [3.8, 4) is 0 Å². The van der Waals surface area contributed by atoms with Crippen molar-refractivity contribution in [1.29, 1.82) is 0 Å². The summed E-state index contributed by atoms with van der Waals surface area (Å²) >= 11 is 0.